The summed E-state index contributed by atoms with van der Waals surface area (Å²) >= 11 is 3.36. The number of amides is 3. The highest BCUT2D eigenvalue weighted by atomic mass is 79.9. The minimum absolute atomic E-state index is 0.126. The lowest BCUT2D eigenvalue weighted by Gasteiger charge is -2.27. The Morgan fingerprint density at radius 2 is 1.62 bits per heavy atom. The molecule has 0 spiro atoms. The Hall–Kier alpha value is -2.87. The van der Waals surface area contributed by atoms with Crippen LogP contribution in [0.2, 0.25) is 0 Å². The Morgan fingerprint density at radius 3 is 2.28 bits per heavy atom. The second kappa shape index (κ2) is 10.1. The predicted octanol–water partition coefficient (Wildman–Crippen LogP) is 4.48. The zero-order valence-electron chi connectivity index (χ0n) is 16.1. The van der Waals surface area contributed by atoms with Crippen LogP contribution in [0.15, 0.2) is 64.2 Å². The van der Waals surface area contributed by atoms with E-state index in [1.807, 2.05) is 42.5 Å². The highest BCUT2D eigenvalue weighted by Crippen LogP contribution is 2.15. The van der Waals surface area contributed by atoms with Crippen molar-refractivity contribution in [2.24, 2.45) is 5.16 Å². The molecule has 1 saturated heterocycles. The number of oxime groups is 1. The largest absolute Gasteiger partial charge is 0.383 e. The summed E-state index contributed by atoms with van der Waals surface area (Å²) in [5.74, 6) is -0.267. The summed E-state index contributed by atoms with van der Waals surface area (Å²) in [6.07, 6.45) is 0.512. The van der Waals surface area contributed by atoms with Gasteiger partial charge in [-0.2, -0.15) is 0 Å². The first-order chi connectivity index (χ1) is 14.0. The monoisotopic (exact) mass is 458 g/mol. The van der Waals surface area contributed by atoms with E-state index in [0.717, 1.165) is 15.9 Å². The Labute approximate surface area is 178 Å². The summed E-state index contributed by atoms with van der Waals surface area (Å²) in [5.41, 5.74) is 2.31. The number of anilines is 2. The fourth-order valence-electron chi connectivity index (χ4n) is 2.76. The van der Waals surface area contributed by atoms with Crippen LogP contribution in [-0.4, -0.2) is 41.7 Å². The molecule has 3 amide bonds. The molecule has 0 aromatic heterocycles. The van der Waals surface area contributed by atoms with Crippen molar-refractivity contribution in [3.63, 3.8) is 0 Å². The van der Waals surface area contributed by atoms with Crippen molar-refractivity contribution in [3.05, 3.63) is 59.1 Å². The van der Waals surface area contributed by atoms with Crippen molar-refractivity contribution >= 4 is 45.0 Å². The maximum absolute atomic E-state index is 12.3. The molecule has 1 fully saturated rings. The molecular weight excluding hydrogens is 436 g/mol. The number of rotatable bonds is 5. The van der Waals surface area contributed by atoms with Gasteiger partial charge < -0.3 is 20.4 Å². The number of piperidine rings is 1. The van der Waals surface area contributed by atoms with Gasteiger partial charge in [0.1, 0.15) is 0 Å². The van der Waals surface area contributed by atoms with Crippen LogP contribution >= 0.6 is 15.9 Å². The number of nitrogens with zero attached hydrogens (tertiary/aromatic N) is 2. The average Bonchev–Trinajstić information content (AvgIpc) is 2.74. The molecule has 1 atom stereocenters. The molecule has 2 N–H and O–H groups in total. The van der Waals surface area contributed by atoms with Gasteiger partial charge in [0.25, 0.3) is 5.91 Å². The van der Waals surface area contributed by atoms with Crippen LogP contribution < -0.4 is 10.6 Å². The molecule has 3 rings (SSSR count). The van der Waals surface area contributed by atoms with Crippen molar-refractivity contribution in [1.82, 2.24) is 4.90 Å². The minimum Gasteiger partial charge on any atom is -0.383 e. The molecule has 29 heavy (non-hydrogen) atoms. The third-order valence-electron chi connectivity index (χ3n) is 4.47. The number of hydrogen-bond acceptors (Lipinski definition) is 4. The Bertz CT molecular complexity index is 861. The molecule has 152 valence electrons. The van der Waals surface area contributed by atoms with E-state index in [0.29, 0.717) is 31.6 Å². The van der Waals surface area contributed by atoms with Crippen LogP contribution in [0.3, 0.4) is 0 Å². The lowest BCUT2D eigenvalue weighted by Crippen LogP contribution is -2.41. The summed E-state index contributed by atoms with van der Waals surface area (Å²) in [7, 11) is 0. The zero-order valence-corrected chi connectivity index (χ0v) is 17.7. The van der Waals surface area contributed by atoms with Crippen molar-refractivity contribution < 1.29 is 14.4 Å². The Morgan fingerprint density at radius 1 is 1.00 bits per heavy atom. The number of carbonyl (C=O) groups is 2. The molecule has 0 saturated carbocycles. The highest BCUT2D eigenvalue weighted by molar-refractivity contribution is 9.10. The second-order valence-corrected chi connectivity index (χ2v) is 7.60. The summed E-state index contributed by atoms with van der Waals surface area (Å²) in [5, 5.41) is 9.79. The predicted molar refractivity (Wildman–Crippen MR) is 117 cm³/mol. The van der Waals surface area contributed by atoms with E-state index >= 15 is 0 Å². The molecule has 2 aromatic carbocycles. The van der Waals surface area contributed by atoms with E-state index in [1.54, 1.807) is 24.0 Å². The topological polar surface area (TPSA) is 83.0 Å². The van der Waals surface area contributed by atoms with Crippen molar-refractivity contribution in [2.45, 2.75) is 25.9 Å². The Kier molecular flexibility index (Phi) is 7.24. The SMILES string of the molecule is CC(ON=C1CCN(C(=O)Nc2ccccc2)CC1)C(=O)Nc1ccc(Br)cc1. The van der Waals surface area contributed by atoms with E-state index in [2.05, 4.69) is 31.7 Å². The number of hydrogen-bond donors (Lipinski definition) is 2. The van der Waals surface area contributed by atoms with Gasteiger partial charge in [-0.1, -0.05) is 39.3 Å². The van der Waals surface area contributed by atoms with Crippen LogP contribution in [0.25, 0.3) is 0 Å². The molecule has 0 aliphatic carbocycles. The van der Waals surface area contributed by atoms with Gasteiger partial charge in [0, 0.05) is 41.8 Å². The fourth-order valence-corrected chi connectivity index (χ4v) is 3.03. The van der Waals surface area contributed by atoms with Gasteiger partial charge in [0.15, 0.2) is 0 Å². The normalized spacial score (nSPS) is 14.7. The summed E-state index contributed by atoms with van der Waals surface area (Å²) in [4.78, 5) is 31.6. The molecule has 8 heteroatoms. The first-order valence-electron chi connectivity index (χ1n) is 9.40. The van der Waals surface area contributed by atoms with Gasteiger partial charge in [0.2, 0.25) is 6.10 Å². The van der Waals surface area contributed by atoms with Gasteiger partial charge in [-0.15, -0.1) is 0 Å². The van der Waals surface area contributed by atoms with Crippen molar-refractivity contribution in [3.8, 4) is 0 Å². The molecular formula is C21H23BrN4O3. The van der Waals surface area contributed by atoms with Gasteiger partial charge in [-0.05, 0) is 43.3 Å². The summed E-state index contributed by atoms with van der Waals surface area (Å²) in [6, 6.07) is 16.5. The lowest BCUT2D eigenvalue weighted by atomic mass is 10.1. The number of benzene rings is 2. The quantitative estimate of drug-likeness (QED) is 0.647. The third-order valence-corrected chi connectivity index (χ3v) is 5.00. The molecule has 1 unspecified atom stereocenters. The number of urea groups is 1. The lowest BCUT2D eigenvalue weighted by molar-refractivity contribution is -0.126. The van der Waals surface area contributed by atoms with E-state index in [4.69, 9.17) is 4.84 Å². The fraction of sp³-hybridized carbons (Fsp3) is 0.286. The first-order valence-corrected chi connectivity index (χ1v) is 10.2. The van der Waals surface area contributed by atoms with E-state index in [1.165, 1.54) is 0 Å². The molecule has 7 nitrogen and oxygen atoms in total. The van der Waals surface area contributed by atoms with Crippen molar-refractivity contribution in [1.29, 1.82) is 0 Å². The molecule has 1 heterocycles. The van der Waals surface area contributed by atoms with Crippen LogP contribution in [0.5, 0.6) is 0 Å². The number of nitrogens with one attached hydrogen (secondary N) is 2. The summed E-state index contributed by atoms with van der Waals surface area (Å²) < 4.78 is 0.940. The maximum Gasteiger partial charge on any atom is 0.321 e. The van der Waals surface area contributed by atoms with Gasteiger partial charge in [-0.25, -0.2) is 4.79 Å². The highest BCUT2D eigenvalue weighted by Gasteiger charge is 2.21. The molecule has 0 bridgehead atoms. The zero-order chi connectivity index (χ0) is 20.6. The number of carbonyl (C=O) groups excluding carboxylic acids is 2. The van der Waals surface area contributed by atoms with Gasteiger partial charge >= 0.3 is 6.03 Å². The number of para-hydroxylation sites is 1. The van der Waals surface area contributed by atoms with E-state index < -0.39 is 6.10 Å². The maximum atomic E-state index is 12.3. The Balaban J connectivity index is 1.43. The van der Waals surface area contributed by atoms with E-state index in [9.17, 15) is 9.59 Å². The smallest absolute Gasteiger partial charge is 0.321 e. The third kappa shape index (κ3) is 6.32. The molecule has 1 aliphatic heterocycles. The van der Waals surface area contributed by atoms with Crippen LogP contribution in [0.4, 0.5) is 16.2 Å². The standard InChI is InChI=1S/C21H23BrN4O3/c1-15(20(27)23-18-9-7-16(22)8-10-18)29-25-19-11-13-26(14-12-19)21(28)24-17-5-3-2-4-6-17/h2-10,15H,11-14H2,1H3,(H,23,27)(H,24,28). The molecule has 0 radical (unpaired) electrons. The number of halogens is 1. The second-order valence-electron chi connectivity index (χ2n) is 6.68. The molecule has 1 aliphatic rings. The minimum atomic E-state index is -0.717. The van der Waals surface area contributed by atoms with Crippen molar-refractivity contribution in [2.75, 3.05) is 23.7 Å². The number of likely N-dealkylation sites (tertiary alicyclic amines) is 1. The van der Waals surface area contributed by atoms with Gasteiger partial charge in [-0.3, -0.25) is 4.79 Å². The van der Waals surface area contributed by atoms with E-state index in [-0.39, 0.29) is 11.9 Å². The van der Waals surface area contributed by atoms with Crippen LogP contribution in [0.1, 0.15) is 19.8 Å². The van der Waals surface area contributed by atoms with Gasteiger partial charge in [0.05, 0.1) is 5.71 Å². The average molecular weight is 459 g/mol. The van der Waals surface area contributed by atoms with Crippen LogP contribution in [-0.2, 0) is 9.63 Å². The molecule has 2 aromatic rings. The first kappa shape index (κ1) is 20.9. The summed E-state index contributed by atoms with van der Waals surface area (Å²) in [6.45, 7) is 2.77. The van der Waals surface area contributed by atoms with Crippen LogP contribution in [0, 0.1) is 0 Å².